The molecule has 0 aliphatic rings. The standard InChI is InChI=1S/C14H18F3N5/c1-3-11(12-6-9-19-22(12)2)21-13-18-8-5-10(20-13)4-7-14(15,16)17/h5-6,8-9,11H,3-4,7H2,1-2H3,(H,18,20,21). The van der Waals surface area contributed by atoms with Gasteiger partial charge in [0.2, 0.25) is 5.95 Å². The van der Waals surface area contributed by atoms with Gasteiger partial charge >= 0.3 is 6.18 Å². The van der Waals surface area contributed by atoms with Crippen LogP contribution in [0.2, 0.25) is 0 Å². The van der Waals surface area contributed by atoms with Crippen LogP contribution in [0.5, 0.6) is 0 Å². The Balaban J connectivity index is 2.07. The highest BCUT2D eigenvalue weighted by atomic mass is 19.4. The number of hydrogen-bond acceptors (Lipinski definition) is 4. The van der Waals surface area contributed by atoms with Gasteiger partial charge in [0.05, 0.1) is 11.7 Å². The van der Waals surface area contributed by atoms with Gasteiger partial charge in [-0.2, -0.15) is 18.3 Å². The first-order valence-corrected chi connectivity index (χ1v) is 7.02. The van der Waals surface area contributed by atoms with Crippen LogP contribution in [0.25, 0.3) is 0 Å². The second-order valence-electron chi connectivity index (χ2n) is 4.97. The molecule has 1 atom stereocenters. The lowest BCUT2D eigenvalue weighted by atomic mass is 10.1. The van der Waals surface area contributed by atoms with Gasteiger partial charge in [-0.1, -0.05) is 6.92 Å². The quantitative estimate of drug-likeness (QED) is 0.889. The van der Waals surface area contributed by atoms with Crippen LogP contribution in [-0.2, 0) is 13.5 Å². The zero-order valence-electron chi connectivity index (χ0n) is 12.4. The van der Waals surface area contributed by atoms with Gasteiger partial charge in [0.1, 0.15) is 0 Å². The lowest BCUT2D eigenvalue weighted by Crippen LogP contribution is -2.16. The molecule has 2 heterocycles. The van der Waals surface area contributed by atoms with Crippen LogP contribution in [-0.4, -0.2) is 25.9 Å². The Labute approximate surface area is 126 Å². The summed E-state index contributed by atoms with van der Waals surface area (Å²) in [6.45, 7) is 2.00. The van der Waals surface area contributed by atoms with Crippen LogP contribution in [0.4, 0.5) is 19.1 Å². The van der Waals surface area contributed by atoms with Crippen LogP contribution < -0.4 is 5.32 Å². The Hall–Kier alpha value is -2.12. The minimum atomic E-state index is -4.18. The summed E-state index contributed by atoms with van der Waals surface area (Å²) in [5.41, 5.74) is 1.33. The number of hydrogen-bond donors (Lipinski definition) is 1. The first kappa shape index (κ1) is 16.3. The molecule has 0 aliphatic heterocycles. The molecule has 1 unspecified atom stereocenters. The summed E-state index contributed by atoms with van der Waals surface area (Å²) in [5, 5.41) is 7.26. The van der Waals surface area contributed by atoms with Crippen LogP contribution in [0, 0.1) is 0 Å². The molecule has 120 valence electrons. The summed E-state index contributed by atoms with van der Waals surface area (Å²) >= 11 is 0. The van der Waals surface area contributed by atoms with Crippen molar-refractivity contribution in [2.45, 2.75) is 38.4 Å². The van der Waals surface area contributed by atoms with Gasteiger partial charge in [-0.15, -0.1) is 0 Å². The highest BCUT2D eigenvalue weighted by Crippen LogP contribution is 2.23. The SMILES string of the molecule is CCC(Nc1nccc(CCC(F)(F)F)n1)c1ccnn1C. The summed E-state index contributed by atoms with van der Waals surface area (Å²) in [6, 6.07) is 3.33. The maximum atomic E-state index is 12.3. The molecular weight excluding hydrogens is 295 g/mol. The fourth-order valence-corrected chi connectivity index (χ4v) is 2.14. The fraction of sp³-hybridized carbons (Fsp3) is 0.500. The predicted octanol–water partition coefficient (Wildman–Crippen LogP) is 3.27. The van der Waals surface area contributed by atoms with Crippen LogP contribution in [0.3, 0.4) is 0 Å². The van der Waals surface area contributed by atoms with E-state index in [9.17, 15) is 13.2 Å². The molecule has 2 aromatic heterocycles. The Kier molecular flexibility index (Phi) is 4.99. The average Bonchev–Trinajstić information content (AvgIpc) is 2.88. The molecule has 0 amide bonds. The van der Waals surface area contributed by atoms with E-state index in [1.165, 1.54) is 12.3 Å². The van der Waals surface area contributed by atoms with Gasteiger partial charge in [-0.05, 0) is 25.0 Å². The lowest BCUT2D eigenvalue weighted by Gasteiger charge is -2.17. The molecular formula is C14H18F3N5. The van der Waals surface area contributed by atoms with Gasteiger partial charge in [-0.3, -0.25) is 4.68 Å². The Morgan fingerprint density at radius 3 is 2.64 bits per heavy atom. The Morgan fingerprint density at radius 2 is 2.05 bits per heavy atom. The van der Waals surface area contributed by atoms with Crippen LogP contribution >= 0.6 is 0 Å². The first-order valence-electron chi connectivity index (χ1n) is 7.02. The predicted molar refractivity (Wildman–Crippen MR) is 76.3 cm³/mol. The van der Waals surface area contributed by atoms with E-state index in [-0.39, 0.29) is 12.5 Å². The van der Waals surface area contributed by atoms with Crippen molar-refractivity contribution < 1.29 is 13.2 Å². The van der Waals surface area contributed by atoms with Gasteiger partial charge in [-0.25, -0.2) is 9.97 Å². The largest absolute Gasteiger partial charge is 0.389 e. The van der Waals surface area contributed by atoms with E-state index >= 15 is 0 Å². The molecule has 5 nitrogen and oxygen atoms in total. The maximum Gasteiger partial charge on any atom is 0.389 e. The summed E-state index contributed by atoms with van der Waals surface area (Å²) in [4.78, 5) is 8.23. The third kappa shape index (κ3) is 4.44. The average molecular weight is 313 g/mol. The first-order chi connectivity index (χ1) is 10.4. The van der Waals surface area contributed by atoms with Gasteiger partial charge < -0.3 is 5.32 Å². The zero-order valence-corrected chi connectivity index (χ0v) is 12.4. The Morgan fingerprint density at radius 1 is 1.27 bits per heavy atom. The molecule has 0 fully saturated rings. The summed E-state index contributed by atoms with van der Waals surface area (Å²) in [7, 11) is 1.83. The highest BCUT2D eigenvalue weighted by Gasteiger charge is 2.26. The molecule has 0 radical (unpaired) electrons. The molecule has 0 bridgehead atoms. The minimum Gasteiger partial charge on any atom is -0.346 e. The van der Waals surface area contributed by atoms with Crippen molar-refractivity contribution in [3.63, 3.8) is 0 Å². The van der Waals surface area contributed by atoms with E-state index in [4.69, 9.17) is 0 Å². The van der Waals surface area contributed by atoms with E-state index in [1.54, 1.807) is 10.9 Å². The zero-order chi connectivity index (χ0) is 16.2. The molecule has 0 saturated carbocycles. The number of nitrogens with one attached hydrogen (secondary N) is 1. The maximum absolute atomic E-state index is 12.3. The molecule has 0 saturated heterocycles. The van der Waals surface area contributed by atoms with E-state index in [0.717, 1.165) is 12.1 Å². The van der Waals surface area contributed by atoms with Crippen LogP contribution in [0.1, 0.15) is 37.2 Å². The van der Waals surface area contributed by atoms with E-state index in [0.29, 0.717) is 11.6 Å². The molecule has 0 aliphatic carbocycles. The van der Waals surface area contributed by atoms with E-state index < -0.39 is 12.6 Å². The smallest absolute Gasteiger partial charge is 0.346 e. The van der Waals surface area contributed by atoms with Crippen molar-refractivity contribution in [2.24, 2.45) is 7.05 Å². The van der Waals surface area contributed by atoms with Crippen molar-refractivity contribution in [1.29, 1.82) is 0 Å². The molecule has 22 heavy (non-hydrogen) atoms. The number of aromatic nitrogens is 4. The molecule has 2 aromatic rings. The van der Waals surface area contributed by atoms with E-state index in [2.05, 4.69) is 20.4 Å². The molecule has 0 aromatic carbocycles. The van der Waals surface area contributed by atoms with E-state index in [1.807, 2.05) is 20.0 Å². The van der Waals surface area contributed by atoms with Crippen molar-refractivity contribution >= 4 is 5.95 Å². The number of anilines is 1. The van der Waals surface area contributed by atoms with Crippen LogP contribution in [0.15, 0.2) is 24.5 Å². The molecule has 0 spiro atoms. The highest BCUT2D eigenvalue weighted by molar-refractivity contribution is 5.30. The third-order valence-corrected chi connectivity index (χ3v) is 3.31. The summed E-state index contributed by atoms with van der Waals surface area (Å²) in [5.74, 6) is 0.327. The second-order valence-corrected chi connectivity index (χ2v) is 4.97. The number of rotatable bonds is 6. The molecule has 1 N–H and O–H groups in total. The van der Waals surface area contributed by atoms with Crippen molar-refractivity contribution in [3.8, 4) is 0 Å². The normalized spacial score (nSPS) is 13.1. The third-order valence-electron chi connectivity index (χ3n) is 3.31. The van der Waals surface area contributed by atoms with Crippen molar-refractivity contribution in [3.05, 3.63) is 35.9 Å². The minimum absolute atomic E-state index is 0.0506. The lowest BCUT2D eigenvalue weighted by molar-refractivity contribution is -0.134. The number of alkyl halides is 3. The Bertz CT molecular complexity index is 609. The monoisotopic (exact) mass is 313 g/mol. The fourth-order valence-electron chi connectivity index (χ4n) is 2.14. The van der Waals surface area contributed by atoms with Gasteiger partial charge in [0.15, 0.2) is 0 Å². The van der Waals surface area contributed by atoms with Gasteiger partial charge in [0, 0.05) is 31.6 Å². The van der Waals surface area contributed by atoms with Crippen molar-refractivity contribution in [2.75, 3.05) is 5.32 Å². The number of halogens is 3. The summed E-state index contributed by atoms with van der Waals surface area (Å²) < 4.78 is 38.5. The number of aryl methyl sites for hydroxylation is 2. The second kappa shape index (κ2) is 6.76. The number of nitrogens with zero attached hydrogens (tertiary/aromatic N) is 4. The molecule has 8 heteroatoms. The van der Waals surface area contributed by atoms with Crippen molar-refractivity contribution in [1.82, 2.24) is 19.7 Å². The summed E-state index contributed by atoms with van der Waals surface area (Å²) in [6.07, 6.45) is -1.28. The van der Waals surface area contributed by atoms with Gasteiger partial charge in [0.25, 0.3) is 0 Å². The molecule has 2 rings (SSSR count). The topological polar surface area (TPSA) is 55.6 Å².